The van der Waals surface area contributed by atoms with Crippen LogP contribution in [0.1, 0.15) is 40.0 Å². The summed E-state index contributed by atoms with van der Waals surface area (Å²) in [6.07, 6.45) is 3.71. The van der Waals surface area contributed by atoms with Crippen LogP contribution in [0.2, 0.25) is 0 Å². The minimum atomic E-state index is -2.19. The van der Waals surface area contributed by atoms with E-state index in [1.165, 1.54) is 19.3 Å². The van der Waals surface area contributed by atoms with E-state index in [0.717, 1.165) is 0 Å². The van der Waals surface area contributed by atoms with Crippen molar-refractivity contribution >= 4 is 27.9 Å². The Morgan fingerprint density at radius 3 is 1.12 bits per heavy atom. The molecule has 0 amide bonds. The highest BCUT2D eigenvalue weighted by atomic mass is 79.9. The highest BCUT2D eigenvalue weighted by Crippen LogP contribution is 2.29. The molecule has 0 aliphatic heterocycles. The van der Waals surface area contributed by atoms with Crippen LogP contribution in [0.15, 0.2) is 0 Å². The monoisotopic (exact) mass is 302 g/mol. The zero-order chi connectivity index (χ0) is 11.8. The van der Waals surface area contributed by atoms with E-state index in [9.17, 15) is 0 Å². The van der Waals surface area contributed by atoms with Crippen LogP contribution in [-0.4, -0.2) is 16.3 Å². The smallest absolute Gasteiger partial charge is 0.0870 e. The lowest BCUT2D eigenvalue weighted by atomic mass is 10.0. The molecule has 0 fully saturated rings. The van der Waals surface area contributed by atoms with E-state index in [2.05, 4.69) is 36.7 Å². The Labute approximate surface area is 105 Å². The number of carbonyl (C=O) groups excluding carboxylic acids is 2. The standard InChI is InChI=1S/C7H15Br.C2H2O4.2H3N/c1-4-7(8,5-2)6-3;3-1(4)2(5)6;;/h4-6H2,1-3H3;(H,3,4)(H,5,6);2*1H3. The molecular weight excluding hydrogens is 280 g/mol. The Hall–Kier alpha value is -0.660. The summed E-state index contributed by atoms with van der Waals surface area (Å²) in [4.78, 5) is 17.9. The number of alkyl halides is 1. The number of hydrogen-bond donors (Lipinski definition) is 2. The summed E-state index contributed by atoms with van der Waals surface area (Å²) in [5, 5.41) is 17.9. The van der Waals surface area contributed by atoms with Gasteiger partial charge in [0.15, 0.2) is 0 Å². The summed E-state index contributed by atoms with van der Waals surface area (Å²) < 4.78 is 0.438. The van der Waals surface area contributed by atoms with Gasteiger partial charge in [0.2, 0.25) is 0 Å². The molecule has 0 bridgehead atoms. The van der Waals surface area contributed by atoms with Crippen LogP contribution in [0.3, 0.4) is 0 Å². The molecule has 6 nitrogen and oxygen atoms in total. The summed E-state index contributed by atoms with van der Waals surface area (Å²) in [6.45, 7) is 6.67. The zero-order valence-electron chi connectivity index (χ0n) is 10.6. The van der Waals surface area contributed by atoms with Crippen LogP contribution >= 0.6 is 15.9 Å². The molecule has 0 saturated carbocycles. The number of carboxylic acids is 2. The van der Waals surface area contributed by atoms with Gasteiger partial charge in [0.1, 0.15) is 0 Å². The molecule has 7 heteroatoms. The Kier molecular flexibility index (Phi) is 19.0. The van der Waals surface area contributed by atoms with E-state index in [1.54, 1.807) is 0 Å². The topological polar surface area (TPSA) is 153 Å². The van der Waals surface area contributed by atoms with Gasteiger partial charge in [-0.2, -0.15) is 0 Å². The van der Waals surface area contributed by atoms with Crippen molar-refractivity contribution in [1.82, 2.24) is 12.3 Å². The lowest BCUT2D eigenvalue weighted by molar-refractivity contribution is -0.345. The van der Waals surface area contributed by atoms with Crippen molar-refractivity contribution in [3.8, 4) is 0 Å². The molecule has 0 heterocycles. The predicted octanol–water partition coefficient (Wildman–Crippen LogP) is 0.589. The van der Waals surface area contributed by atoms with Crippen molar-refractivity contribution in [1.29, 1.82) is 0 Å². The van der Waals surface area contributed by atoms with Crippen molar-refractivity contribution in [2.75, 3.05) is 0 Å². The summed E-state index contributed by atoms with van der Waals surface area (Å²) in [7, 11) is 0. The summed E-state index contributed by atoms with van der Waals surface area (Å²) in [5.41, 5.74) is 0. The largest absolute Gasteiger partial charge is 0.543 e. The molecule has 8 N–H and O–H groups in total. The molecule has 0 rings (SSSR count). The second-order valence-corrected chi connectivity index (χ2v) is 4.47. The molecule has 0 saturated heterocycles. The van der Waals surface area contributed by atoms with Crippen molar-refractivity contribution in [3.63, 3.8) is 0 Å². The second kappa shape index (κ2) is 12.4. The highest BCUT2D eigenvalue weighted by Gasteiger charge is 2.17. The maximum Gasteiger partial charge on any atom is 0.0870 e. The number of rotatable bonds is 3. The number of aliphatic carboxylic acids is 2. The zero-order valence-corrected chi connectivity index (χ0v) is 12.2. The number of quaternary nitrogens is 2. The Morgan fingerprint density at radius 1 is 0.938 bits per heavy atom. The van der Waals surface area contributed by atoms with Crippen LogP contribution in [0.25, 0.3) is 0 Å². The summed E-state index contributed by atoms with van der Waals surface area (Å²) in [5.74, 6) is -4.37. The fraction of sp³-hybridized carbons (Fsp3) is 0.778. The average Bonchev–Trinajstić information content (AvgIpc) is 2.17. The van der Waals surface area contributed by atoms with Gasteiger partial charge in [-0.1, -0.05) is 36.7 Å². The van der Waals surface area contributed by atoms with Gasteiger partial charge in [0.05, 0.1) is 11.9 Å². The molecule has 100 valence electrons. The number of halogens is 1. The lowest BCUT2D eigenvalue weighted by Gasteiger charge is -2.21. The molecule has 0 aliphatic rings. The SMILES string of the molecule is CCC(Br)(CC)CC.O=C([O-])C(=O)[O-].[NH4+].[NH4+]. The quantitative estimate of drug-likeness (QED) is 0.578. The third kappa shape index (κ3) is 13.3. The normalized spacial score (nSPS) is 8.75. The molecule has 0 aromatic carbocycles. The van der Waals surface area contributed by atoms with E-state index in [1.807, 2.05) is 0 Å². The van der Waals surface area contributed by atoms with Gasteiger partial charge in [0.25, 0.3) is 0 Å². The number of carbonyl (C=O) groups is 2. The van der Waals surface area contributed by atoms with E-state index in [4.69, 9.17) is 19.8 Å². The molecule has 0 spiro atoms. The molecule has 16 heavy (non-hydrogen) atoms. The predicted molar refractivity (Wildman–Crippen MR) is 64.5 cm³/mol. The van der Waals surface area contributed by atoms with Crippen LogP contribution in [-0.2, 0) is 9.59 Å². The van der Waals surface area contributed by atoms with Crippen LogP contribution in [0.5, 0.6) is 0 Å². The number of hydrogen-bond acceptors (Lipinski definition) is 4. The molecular formula is C9H23BrN2O4. The molecule has 0 aromatic rings. The average molecular weight is 303 g/mol. The van der Waals surface area contributed by atoms with Crippen molar-refractivity contribution in [3.05, 3.63) is 0 Å². The van der Waals surface area contributed by atoms with Crippen molar-refractivity contribution in [2.45, 2.75) is 44.4 Å². The van der Waals surface area contributed by atoms with Gasteiger partial charge >= 0.3 is 0 Å². The first kappa shape index (κ1) is 24.5. The first-order valence-corrected chi connectivity index (χ1v) is 5.23. The number of carboxylic acid groups (broad SMARTS) is 2. The van der Waals surface area contributed by atoms with Crippen LogP contribution in [0.4, 0.5) is 0 Å². The molecule has 0 radical (unpaired) electrons. The Bertz CT molecular complexity index is 176. The van der Waals surface area contributed by atoms with Gasteiger partial charge in [0, 0.05) is 4.32 Å². The molecule has 0 unspecified atom stereocenters. The van der Waals surface area contributed by atoms with Crippen LogP contribution in [0, 0.1) is 0 Å². The lowest BCUT2D eigenvalue weighted by Crippen LogP contribution is -2.42. The van der Waals surface area contributed by atoms with Gasteiger partial charge in [-0.05, 0) is 19.3 Å². The summed E-state index contributed by atoms with van der Waals surface area (Å²) >= 11 is 3.68. The molecule has 0 aliphatic carbocycles. The third-order valence-corrected chi connectivity index (χ3v) is 3.75. The minimum absolute atomic E-state index is 0. The van der Waals surface area contributed by atoms with Gasteiger partial charge in [-0.3, -0.25) is 0 Å². The first-order valence-electron chi connectivity index (χ1n) is 4.44. The molecule has 0 aromatic heterocycles. The first-order chi connectivity index (χ1) is 6.32. The minimum Gasteiger partial charge on any atom is -0.543 e. The maximum absolute atomic E-state index is 8.93. The van der Waals surface area contributed by atoms with Crippen molar-refractivity contribution in [2.24, 2.45) is 0 Å². The van der Waals surface area contributed by atoms with E-state index >= 15 is 0 Å². The second-order valence-electron chi connectivity index (χ2n) is 2.79. The van der Waals surface area contributed by atoms with E-state index < -0.39 is 11.9 Å². The van der Waals surface area contributed by atoms with E-state index in [0.29, 0.717) is 4.32 Å². The van der Waals surface area contributed by atoms with Crippen LogP contribution < -0.4 is 22.5 Å². The van der Waals surface area contributed by atoms with Gasteiger partial charge < -0.3 is 32.1 Å². The highest BCUT2D eigenvalue weighted by molar-refractivity contribution is 9.10. The Morgan fingerprint density at radius 2 is 1.12 bits per heavy atom. The van der Waals surface area contributed by atoms with Gasteiger partial charge in [-0.25, -0.2) is 0 Å². The Balaban J connectivity index is -0.0000000825. The van der Waals surface area contributed by atoms with Gasteiger partial charge in [-0.15, -0.1) is 0 Å². The molecule has 0 atom stereocenters. The van der Waals surface area contributed by atoms with E-state index in [-0.39, 0.29) is 12.3 Å². The fourth-order valence-electron chi connectivity index (χ4n) is 0.750. The fourth-order valence-corrected chi connectivity index (χ4v) is 0.750. The summed E-state index contributed by atoms with van der Waals surface area (Å²) in [6, 6.07) is 0. The maximum atomic E-state index is 8.93. The third-order valence-electron chi connectivity index (χ3n) is 2.07. The van der Waals surface area contributed by atoms with Crippen molar-refractivity contribution < 1.29 is 19.8 Å².